The van der Waals surface area contributed by atoms with Crippen molar-refractivity contribution < 1.29 is 9.84 Å². The van der Waals surface area contributed by atoms with Gasteiger partial charge in [0.1, 0.15) is 10.8 Å². The number of ether oxygens (including phenoxy) is 1. The second-order valence-corrected chi connectivity index (χ2v) is 9.29. The topological polar surface area (TPSA) is 48.8 Å². The van der Waals surface area contributed by atoms with Crippen LogP contribution in [0.15, 0.2) is 54.7 Å². The molecule has 0 radical (unpaired) electrons. The Hall–Kier alpha value is -2.25. The summed E-state index contributed by atoms with van der Waals surface area (Å²) in [5.74, 6) is 0.930. The summed E-state index contributed by atoms with van der Waals surface area (Å²) in [5.41, 5.74) is 3.64. The predicted molar refractivity (Wildman–Crippen MR) is 126 cm³/mol. The molecule has 2 heterocycles. The number of aliphatic hydroxyl groups is 1. The van der Waals surface area contributed by atoms with E-state index in [4.69, 9.17) is 4.74 Å². The van der Waals surface area contributed by atoms with Gasteiger partial charge in [-0.25, -0.2) is 4.98 Å². The zero-order chi connectivity index (χ0) is 21.6. The van der Waals surface area contributed by atoms with Gasteiger partial charge in [-0.05, 0) is 30.5 Å². The van der Waals surface area contributed by atoms with Gasteiger partial charge in [-0.2, -0.15) is 0 Å². The first-order chi connectivity index (χ1) is 15.2. The lowest BCUT2D eigenvalue weighted by atomic mass is 10.1. The van der Waals surface area contributed by atoms with Crippen molar-refractivity contribution in [1.82, 2.24) is 14.8 Å². The highest BCUT2D eigenvalue weighted by Gasteiger charge is 2.27. The number of hydrogen-bond donors (Lipinski definition) is 1. The van der Waals surface area contributed by atoms with E-state index in [0.29, 0.717) is 6.04 Å². The summed E-state index contributed by atoms with van der Waals surface area (Å²) < 4.78 is 5.39. The fraction of sp³-hybridized carbons (Fsp3) is 0.400. The summed E-state index contributed by atoms with van der Waals surface area (Å²) in [6.45, 7) is 7.12. The molecule has 31 heavy (non-hydrogen) atoms. The Bertz CT molecular complexity index is 976. The average Bonchev–Trinajstić information content (AvgIpc) is 3.25. The molecule has 164 valence electrons. The van der Waals surface area contributed by atoms with Crippen molar-refractivity contribution in [2.45, 2.75) is 32.5 Å². The van der Waals surface area contributed by atoms with Crippen LogP contribution in [-0.2, 0) is 13.1 Å². The molecule has 5 nitrogen and oxygen atoms in total. The van der Waals surface area contributed by atoms with E-state index in [1.54, 1.807) is 18.4 Å². The number of rotatable bonds is 8. The molecule has 1 fully saturated rings. The van der Waals surface area contributed by atoms with Crippen molar-refractivity contribution in [3.05, 3.63) is 70.7 Å². The maximum absolute atomic E-state index is 9.65. The van der Waals surface area contributed by atoms with E-state index in [1.165, 1.54) is 16.0 Å². The zero-order valence-corrected chi connectivity index (χ0v) is 19.1. The quantitative estimate of drug-likeness (QED) is 0.572. The molecule has 1 aromatic heterocycles. The number of methoxy groups -OCH3 is 1. The van der Waals surface area contributed by atoms with Crippen LogP contribution in [0.1, 0.15) is 22.4 Å². The van der Waals surface area contributed by atoms with Gasteiger partial charge < -0.3 is 9.84 Å². The Morgan fingerprint density at radius 3 is 2.71 bits per heavy atom. The van der Waals surface area contributed by atoms with Crippen molar-refractivity contribution in [1.29, 1.82) is 0 Å². The van der Waals surface area contributed by atoms with Crippen molar-refractivity contribution in [3.63, 3.8) is 0 Å². The number of hydrogen-bond acceptors (Lipinski definition) is 6. The lowest BCUT2D eigenvalue weighted by molar-refractivity contribution is 0.0504. The number of thiazole rings is 1. The maximum Gasteiger partial charge on any atom is 0.123 e. The number of aliphatic hydroxyl groups excluding tert-OH is 1. The van der Waals surface area contributed by atoms with Crippen LogP contribution in [0.5, 0.6) is 5.75 Å². The third kappa shape index (κ3) is 5.52. The molecule has 0 saturated carbocycles. The van der Waals surface area contributed by atoms with Crippen LogP contribution >= 0.6 is 11.3 Å². The fourth-order valence-electron chi connectivity index (χ4n) is 4.32. The van der Waals surface area contributed by atoms with Crippen LogP contribution in [-0.4, -0.2) is 59.3 Å². The van der Waals surface area contributed by atoms with Gasteiger partial charge >= 0.3 is 0 Å². The van der Waals surface area contributed by atoms with E-state index in [9.17, 15) is 5.11 Å². The number of benzene rings is 2. The van der Waals surface area contributed by atoms with Crippen LogP contribution in [0.25, 0.3) is 10.6 Å². The number of aromatic nitrogens is 1. The third-order valence-corrected chi connectivity index (χ3v) is 6.98. The van der Waals surface area contributed by atoms with E-state index in [-0.39, 0.29) is 6.61 Å². The van der Waals surface area contributed by atoms with Crippen molar-refractivity contribution in [2.75, 3.05) is 33.4 Å². The van der Waals surface area contributed by atoms with E-state index in [0.717, 1.165) is 55.5 Å². The van der Waals surface area contributed by atoms with Gasteiger partial charge in [0.2, 0.25) is 0 Å². The molecule has 1 atom stereocenters. The smallest absolute Gasteiger partial charge is 0.123 e. The molecule has 1 aliphatic rings. The van der Waals surface area contributed by atoms with Crippen LogP contribution in [0, 0.1) is 6.92 Å². The van der Waals surface area contributed by atoms with E-state index in [2.05, 4.69) is 64.2 Å². The molecule has 0 bridgehead atoms. The number of piperazine rings is 1. The Balaban J connectivity index is 1.39. The molecular weight excluding hydrogens is 406 g/mol. The minimum Gasteiger partial charge on any atom is -0.496 e. The highest BCUT2D eigenvalue weighted by atomic mass is 32.1. The van der Waals surface area contributed by atoms with Crippen LogP contribution in [0.2, 0.25) is 0 Å². The molecule has 1 aliphatic heterocycles. The minimum absolute atomic E-state index is 0.218. The summed E-state index contributed by atoms with van der Waals surface area (Å²) in [6, 6.07) is 17.1. The summed E-state index contributed by atoms with van der Waals surface area (Å²) in [6.07, 6.45) is 2.81. The Kier molecular flexibility index (Phi) is 7.35. The Morgan fingerprint density at radius 2 is 1.97 bits per heavy atom. The Morgan fingerprint density at radius 1 is 1.13 bits per heavy atom. The predicted octanol–water partition coefficient (Wildman–Crippen LogP) is 4.20. The molecule has 0 unspecified atom stereocenters. The summed E-state index contributed by atoms with van der Waals surface area (Å²) in [5, 5.41) is 10.7. The summed E-state index contributed by atoms with van der Waals surface area (Å²) >= 11 is 1.78. The van der Waals surface area contributed by atoms with Gasteiger partial charge in [0.15, 0.2) is 0 Å². The van der Waals surface area contributed by atoms with Crippen LogP contribution in [0.4, 0.5) is 0 Å². The fourth-order valence-corrected chi connectivity index (χ4v) is 5.28. The first-order valence-corrected chi connectivity index (χ1v) is 11.7. The summed E-state index contributed by atoms with van der Waals surface area (Å²) in [4.78, 5) is 10.9. The van der Waals surface area contributed by atoms with Gasteiger partial charge in [-0.15, -0.1) is 11.3 Å². The van der Waals surface area contributed by atoms with E-state index < -0.39 is 0 Å². The van der Waals surface area contributed by atoms with Gasteiger partial charge in [0.25, 0.3) is 0 Å². The highest BCUT2D eigenvalue weighted by Crippen LogP contribution is 2.27. The normalized spacial score (nSPS) is 17.7. The molecule has 1 saturated heterocycles. The monoisotopic (exact) mass is 437 g/mol. The van der Waals surface area contributed by atoms with Crippen molar-refractivity contribution in [3.8, 4) is 16.3 Å². The van der Waals surface area contributed by atoms with E-state index >= 15 is 0 Å². The second-order valence-electron chi connectivity index (χ2n) is 8.17. The van der Waals surface area contributed by atoms with Crippen LogP contribution < -0.4 is 4.74 Å². The molecule has 0 amide bonds. The largest absolute Gasteiger partial charge is 0.496 e. The number of nitrogens with zero attached hydrogens (tertiary/aromatic N) is 3. The summed E-state index contributed by atoms with van der Waals surface area (Å²) in [7, 11) is 1.71. The van der Waals surface area contributed by atoms with E-state index in [1.807, 2.05) is 12.3 Å². The first-order valence-electron chi connectivity index (χ1n) is 10.9. The zero-order valence-electron chi connectivity index (χ0n) is 18.3. The molecule has 3 aromatic rings. The minimum atomic E-state index is 0.218. The Labute approximate surface area is 188 Å². The second kappa shape index (κ2) is 10.4. The lowest BCUT2D eigenvalue weighted by Gasteiger charge is -2.41. The third-order valence-electron chi connectivity index (χ3n) is 5.95. The van der Waals surface area contributed by atoms with Crippen LogP contribution in [0.3, 0.4) is 0 Å². The van der Waals surface area contributed by atoms with Gasteiger partial charge in [-0.1, -0.05) is 42.5 Å². The number of aryl methyl sites for hydroxylation is 1. The van der Waals surface area contributed by atoms with Gasteiger partial charge in [0.05, 0.1) is 7.11 Å². The van der Waals surface area contributed by atoms with Gasteiger partial charge in [0, 0.05) is 62.0 Å². The van der Waals surface area contributed by atoms with Crippen molar-refractivity contribution in [2.24, 2.45) is 0 Å². The molecular formula is C25H31N3O2S. The molecule has 1 N–H and O–H groups in total. The molecule has 6 heteroatoms. The standard InChI is InChI=1S/C25H31N3O2S/c1-19-14-20(8-9-24(19)30-2)16-28-12-11-27(17-22(28)10-13-29)18-23-15-26-25(31-23)21-6-4-3-5-7-21/h3-9,14-15,22,29H,10-13,16-18H2,1-2H3/t22-/m0/s1. The van der Waals surface area contributed by atoms with Gasteiger partial charge in [-0.3, -0.25) is 9.80 Å². The SMILES string of the molecule is COc1ccc(CN2CCN(Cc3cnc(-c4ccccc4)s3)C[C@@H]2CCO)cc1C. The molecule has 0 aliphatic carbocycles. The maximum atomic E-state index is 9.65. The molecule has 4 rings (SSSR count). The molecule has 0 spiro atoms. The van der Waals surface area contributed by atoms with Crippen molar-refractivity contribution >= 4 is 11.3 Å². The highest BCUT2D eigenvalue weighted by molar-refractivity contribution is 7.15. The lowest BCUT2D eigenvalue weighted by Crippen LogP contribution is -2.52. The molecule has 2 aromatic carbocycles. The average molecular weight is 438 g/mol. The first kappa shape index (κ1) is 22.0.